The van der Waals surface area contributed by atoms with Crippen LogP contribution in [-0.4, -0.2) is 35.9 Å². The number of benzene rings is 4. The van der Waals surface area contributed by atoms with E-state index in [-0.39, 0.29) is 43.1 Å². The van der Waals surface area contributed by atoms with Crippen LogP contribution in [0, 0.1) is 5.82 Å². The summed E-state index contributed by atoms with van der Waals surface area (Å²) in [6, 6.07) is 25.1. The van der Waals surface area contributed by atoms with Gasteiger partial charge in [-0.25, -0.2) is 14.0 Å². The van der Waals surface area contributed by atoms with Gasteiger partial charge in [-0.2, -0.15) is 0 Å². The van der Waals surface area contributed by atoms with Crippen LogP contribution in [0.1, 0.15) is 47.2 Å². The number of hydrogen-bond donors (Lipinski definition) is 1. The third-order valence-corrected chi connectivity index (χ3v) is 7.36. The van der Waals surface area contributed by atoms with Crippen molar-refractivity contribution in [2.24, 2.45) is 0 Å². The molecule has 4 aromatic carbocycles. The predicted octanol–water partition coefficient (Wildman–Crippen LogP) is 6.14. The van der Waals surface area contributed by atoms with Crippen LogP contribution in [0.5, 0.6) is 11.5 Å². The number of halogens is 1. The van der Waals surface area contributed by atoms with Crippen LogP contribution in [0.15, 0.2) is 84.9 Å². The van der Waals surface area contributed by atoms with Gasteiger partial charge in [0.2, 0.25) is 0 Å². The molecule has 0 amide bonds. The van der Waals surface area contributed by atoms with Crippen molar-refractivity contribution in [2.45, 2.75) is 50.6 Å². The lowest BCUT2D eigenvalue weighted by atomic mass is 9.83. The van der Waals surface area contributed by atoms with Crippen molar-refractivity contribution in [1.29, 1.82) is 0 Å². The highest BCUT2D eigenvalue weighted by molar-refractivity contribution is 5.93. The van der Waals surface area contributed by atoms with Crippen LogP contribution in [0.3, 0.4) is 0 Å². The summed E-state index contributed by atoms with van der Waals surface area (Å²) in [6.45, 7) is 0.0941. The minimum atomic E-state index is -1.66. The highest BCUT2D eigenvalue weighted by Crippen LogP contribution is 2.35. The maximum absolute atomic E-state index is 14.9. The Morgan fingerprint density at radius 3 is 2.34 bits per heavy atom. The summed E-state index contributed by atoms with van der Waals surface area (Å²) >= 11 is 0. The minimum Gasteiger partial charge on any atom is -0.496 e. The zero-order chi connectivity index (χ0) is 28.8. The first-order valence-electron chi connectivity index (χ1n) is 13.5. The Morgan fingerprint density at radius 2 is 1.59 bits per heavy atom. The molecule has 1 aliphatic carbocycles. The number of aliphatic hydroxyl groups is 1. The van der Waals surface area contributed by atoms with Crippen LogP contribution in [-0.2, 0) is 27.5 Å². The van der Waals surface area contributed by atoms with Gasteiger partial charge in [0, 0.05) is 12.1 Å². The molecule has 1 saturated carbocycles. The van der Waals surface area contributed by atoms with Crippen molar-refractivity contribution < 1.29 is 38.0 Å². The zero-order valence-electron chi connectivity index (χ0n) is 22.7. The molecule has 0 atom stereocenters. The van der Waals surface area contributed by atoms with Crippen molar-refractivity contribution in [2.75, 3.05) is 7.11 Å². The monoisotopic (exact) mass is 558 g/mol. The molecule has 0 saturated heterocycles. The number of hydrogen-bond acceptors (Lipinski definition) is 7. The zero-order valence-corrected chi connectivity index (χ0v) is 22.7. The third-order valence-electron chi connectivity index (χ3n) is 7.36. The largest absolute Gasteiger partial charge is 0.496 e. The van der Waals surface area contributed by atoms with Gasteiger partial charge in [-0.1, -0.05) is 72.8 Å². The fraction of sp³-hybridized carbons (Fsp3) is 0.273. The molecule has 0 radical (unpaired) electrons. The number of rotatable bonds is 9. The Bertz CT molecular complexity index is 1520. The molecule has 5 rings (SSSR count). The van der Waals surface area contributed by atoms with Gasteiger partial charge in [-0.05, 0) is 47.6 Å². The predicted molar refractivity (Wildman–Crippen MR) is 150 cm³/mol. The average molecular weight is 559 g/mol. The standard InChI is InChI=1S/C33H31FO7/c1-38-29-19-28(34)30(18-27(29)31(35)39-20-22-8-3-2-4-9-22)41-25-14-16-33(37,17-15-25)32(36)40-21-24-12-7-11-23-10-5-6-13-26(23)24/h2-13,18-19,25,37H,14-17,20-21H2,1H3/t25-,33-. The Labute approximate surface area is 237 Å². The fourth-order valence-corrected chi connectivity index (χ4v) is 5.02. The summed E-state index contributed by atoms with van der Waals surface area (Å²) in [5.74, 6) is -2.17. The summed E-state index contributed by atoms with van der Waals surface area (Å²) in [6.07, 6.45) is 0.293. The first-order chi connectivity index (χ1) is 19.9. The lowest BCUT2D eigenvalue weighted by molar-refractivity contribution is -0.172. The number of fused-ring (bicyclic) bond motifs is 1. The van der Waals surface area contributed by atoms with Crippen LogP contribution in [0.4, 0.5) is 4.39 Å². The van der Waals surface area contributed by atoms with E-state index in [2.05, 4.69) is 0 Å². The SMILES string of the molecule is COc1cc(F)c(O[C@H]2CC[C@@](O)(C(=O)OCc3cccc4ccccc34)CC2)cc1C(=O)OCc1ccccc1. The van der Waals surface area contributed by atoms with Crippen LogP contribution < -0.4 is 9.47 Å². The van der Waals surface area contributed by atoms with Crippen molar-refractivity contribution in [1.82, 2.24) is 0 Å². The smallest absolute Gasteiger partial charge is 0.342 e. The van der Waals surface area contributed by atoms with E-state index in [0.717, 1.165) is 28.0 Å². The molecule has 0 aromatic heterocycles. The van der Waals surface area contributed by atoms with Gasteiger partial charge in [0.15, 0.2) is 17.2 Å². The Balaban J connectivity index is 1.19. The molecule has 1 N–H and O–H groups in total. The van der Waals surface area contributed by atoms with Crippen LogP contribution in [0.2, 0.25) is 0 Å². The van der Waals surface area contributed by atoms with E-state index in [0.29, 0.717) is 12.8 Å². The maximum Gasteiger partial charge on any atom is 0.342 e. The van der Waals surface area contributed by atoms with E-state index in [1.165, 1.54) is 13.2 Å². The van der Waals surface area contributed by atoms with E-state index in [4.69, 9.17) is 18.9 Å². The van der Waals surface area contributed by atoms with E-state index >= 15 is 0 Å². The Morgan fingerprint density at radius 1 is 0.878 bits per heavy atom. The number of ether oxygens (including phenoxy) is 4. The molecule has 8 heteroatoms. The lowest BCUT2D eigenvalue weighted by Gasteiger charge is -2.34. The average Bonchev–Trinajstić information content (AvgIpc) is 3.01. The first-order valence-corrected chi connectivity index (χ1v) is 13.5. The minimum absolute atomic E-state index is 0.0277. The Hall–Kier alpha value is -4.43. The van der Waals surface area contributed by atoms with Crippen LogP contribution >= 0.6 is 0 Å². The van der Waals surface area contributed by atoms with Gasteiger partial charge in [0.05, 0.1) is 13.2 Å². The molecule has 4 aromatic rings. The number of esters is 2. The molecule has 1 aliphatic rings. The highest BCUT2D eigenvalue weighted by Gasteiger charge is 2.42. The van der Waals surface area contributed by atoms with Gasteiger partial charge in [-0.15, -0.1) is 0 Å². The normalized spacial score (nSPS) is 18.5. The van der Waals surface area contributed by atoms with E-state index < -0.39 is 29.5 Å². The van der Waals surface area contributed by atoms with Gasteiger partial charge < -0.3 is 24.1 Å². The van der Waals surface area contributed by atoms with E-state index in [9.17, 15) is 19.1 Å². The molecule has 0 unspecified atom stereocenters. The molecular formula is C33H31FO7. The van der Waals surface area contributed by atoms with Gasteiger partial charge in [0.1, 0.15) is 24.5 Å². The first kappa shape index (κ1) is 28.1. The molecule has 0 spiro atoms. The second kappa shape index (κ2) is 12.4. The maximum atomic E-state index is 14.9. The van der Waals surface area contributed by atoms with E-state index in [1.807, 2.05) is 72.8 Å². The molecule has 0 heterocycles. The van der Waals surface area contributed by atoms with Crippen LogP contribution in [0.25, 0.3) is 10.8 Å². The van der Waals surface area contributed by atoms with E-state index in [1.54, 1.807) is 0 Å². The van der Waals surface area contributed by atoms with Gasteiger partial charge in [-0.3, -0.25) is 0 Å². The highest BCUT2D eigenvalue weighted by atomic mass is 19.1. The van der Waals surface area contributed by atoms with Gasteiger partial charge >= 0.3 is 11.9 Å². The van der Waals surface area contributed by atoms with Gasteiger partial charge in [0.25, 0.3) is 0 Å². The number of carbonyl (C=O) groups excluding carboxylic acids is 2. The number of carbonyl (C=O) groups is 2. The summed E-state index contributed by atoms with van der Waals surface area (Å²) < 4.78 is 36.9. The summed E-state index contributed by atoms with van der Waals surface area (Å²) in [5, 5.41) is 13.0. The summed E-state index contributed by atoms with van der Waals surface area (Å²) in [7, 11) is 1.34. The molecule has 212 valence electrons. The van der Waals surface area contributed by atoms with Crippen molar-refractivity contribution >= 4 is 22.7 Å². The van der Waals surface area contributed by atoms with Crippen molar-refractivity contribution in [3.8, 4) is 11.5 Å². The second-order valence-electron chi connectivity index (χ2n) is 10.1. The summed E-state index contributed by atoms with van der Waals surface area (Å²) in [5.41, 5.74) is 0.0352. The fourth-order valence-electron chi connectivity index (χ4n) is 5.02. The number of methoxy groups -OCH3 is 1. The molecule has 0 aliphatic heterocycles. The molecule has 41 heavy (non-hydrogen) atoms. The Kier molecular flexibility index (Phi) is 8.50. The molecular weight excluding hydrogens is 527 g/mol. The summed E-state index contributed by atoms with van der Waals surface area (Å²) in [4.78, 5) is 25.6. The molecule has 7 nitrogen and oxygen atoms in total. The third kappa shape index (κ3) is 6.49. The molecule has 0 bridgehead atoms. The second-order valence-corrected chi connectivity index (χ2v) is 10.1. The quantitative estimate of drug-likeness (QED) is 0.247. The molecule has 1 fully saturated rings. The topological polar surface area (TPSA) is 91.3 Å². The lowest BCUT2D eigenvalue weighted by Crippen LogP contribution is -2.45. The van der Waals surface area contributed by atoms with Crippen molar-refractivity contribution in [3.05, 3.63) is 107 Å². The van der Waals surface area contributed by atoms with Crippen molar-refractivity contribution in [3.63, 3.8) is 0 Å².